The Kier molecular flexibility index (Phi) is 3.13. The lowest BCUT2D eigenvalue weighted by Crippen LogP contribution is -2.25. The number of ether oxygens (including phenoxy) is 1. The van der Waals surface area contributed by atoms with Crippen molar-refractivity contribution in [1.29, 1.82) is 0 Å². The smallest absolute Gasteiger partial charge is 0.239 e. The van der Waals surface area contributed by atoms with Crippen LogP contribution in [0.25, 0.3) is 0 Å². The van der Waals surface area contributed by atoms with Gasteiger partial charge < -0.3 is 9.15 Å². The number of para-hydroxylation sites is 1. The molecule has 0 radical (unpaired) electrons. The Hall–Kier alpha value is -2.90. The highest BCUT2D eigenvalue weighted by atomic mass is 19.1. The van der Waals surface area contributed by atoms with Gasteiger partial charge in [0.2, 0.25) is 23.4 Å². The molecule has 8 heteroatoms. The van der Waals surface area contributed by atoms with Crippen molar-refractivity contribution in [3.05, 3.63) is 58.9 Å². The van der Waals surface area contributed by atoms with Crippen molar-refractivity contribution < 1.29 is 17.9 Å². The van der Waals surface area contributed by atoms with Gasteiger partial charge in [-0.25, -0.2) is 8.78 Å². The second-order valence-electron chi connectivity index (χ2n) is 6.79. The van der Waals surface area contributed by atoms with Gasteiger partial charge >= 0.3 is 0 Å². The van der Waals surface area contributed by atoms with E-state index in [-0.39, 0.29) is 11.8 Å². The lowest BCUT2D eigenvalue weighted by atomic mass is 9.83. The minimum atomic E-state index is -0.786. The maximum absolute atomic E-state index is 13.8. The molecule has 0 saturated heterocycles. The van der Waals surface area contributed by atoms with Crippen LogP contribution in [-0.2, 0) is 5.41 Å². The average Bonchev–Trinajstić information content (AvgIpc) is 3.32. The van der Waals surface area contributed by atoms with Crippen LogP contribution in [0.4, 0.5) is 8.78 Å². The number of nitrogens with zero attached hydrogens (tertiary/aromatic N) is 4. The van der Waals surface area contributed by atoms with E-state index >= 15 is 0 Å². The molecule has 3 aromatic rings. The number of hydrogen-bond acceptors (Lipinski definition) is 6. The van der Waals surface area contributed by atoms with Crippen molar-refractivity contribution in [2.45, 2.75) is 37.5 Å². The Balaban J connectivity index is 1.54. The van der Waals surface area contributed by atoms with Gasteiger partial charge in [0.15, 0.2) is 11.6 Å². The minimum absolute atomic E-state index is 0.0668. The van der Waals surface area contributed by atoms with Gasteiger partial charge in [-0.1, -0.05) is 6.07 Å². The Labute approximate surface area is 147 Å². The number of aryl methyl sites for hydroxylation is 1. The van der Waals surface area contributed by atoms with E-state index in [1.54, 1.807) is 13.0 Å². The fourth-order valence-electron chi connectivity index (χ4n) is 4.12. The first-order valence-electron chi connectivity index (χ1n) is 8.37. The summed E-state index contributed by atoms with van der Waals surface area (Å²) in [5.74, 6) is -0.656. The summed E-state index contributed by atoms with van der Waals surface area (Å²) in [7, 11) is 0. The van der Waals surface area contributed by atoms with E-state index < -0.39 is 22.8 Å². The maximum atomic E-state index is 13.8. The normalized spacial score (nSPS) is 23.3. The fourth-order valence-corrected chi connectivity index (χ4v) is 4.12. The molecule has 0 N–H and O–H groups in total. The summed E-state index contributed by atoms with van der Waals surface area (Å²) in [5, 5.41) is 16.5. The number of benzene rings is 1. The molecular formula is C18H14F2N4O2. The van der Waals surface area contributed by atoms with Gasteiger partial charge in [0.05, 0.1) is 11.1 Å². The van der Waals surface area contributed by atoms with Gasteiger partial charge in [0, 0.05) is 13.0 Å². The van der Waals surface area contributed by atoms with Gasteiger partial charge in [-0.15, -0.1) is 15.3 Å². The molecule has 132 valence electrons. The predicted octanol–water partition coefficient (Wildman–Crippen LogP) is 3.81. The first-order valence-corrected chi connectivity index (χ1v) is 8.37. The third kappa shape index (κ3) is 2.07. The number of hydrogen-bond donors (Lipinski definition) is 0. The Bertz CT molecular complexity index is 1000. The van der Waals surface area contributed by atoms with Crippen LogP contribution >= 0.6 is 0 Å². The van der Waals surface area contributed by atoms with Crippen molar-refractivity contribution in [3.63, 3.8) is 0 Å². The summed E-state index contributed by atoms with van der Waals surface area (Å²) < 4.78 is 38.6. The van der Waals surface area contributed by atoms with E-state index in [4.69, 9.17) is 9.15 Å². The summed E-state index contributed by atoms with van der Waals surface area (Å²) in [6.07, 6.45) is 2.63. The first-order chi connectivity index (χ1) is 12.6. The quantitative estimate of drug-likeness (QED) is 0.710. The number of fused-ring (bicyclic) bond motifs is 5. The highest BCUT2D eigenvalue weighted by molar-refractivity contribution is 5.46. The second kappa shape index (κ2) is 5.30. The Morgan fingerprint density at radius 3 is 2.69 bits per heavy atom. The van der Waals surface area contributed by atoms with Crippen LogP contribution in [0.1, 0.15) is 48.2 Å². The summed E-state index contributed by atoms with van der Waals surface area (Å²) >= 11 is 0. The molecule has 0 amide bonds. The maximum Gasteiger partial charge on any atom is 0.239 e. The van der Waals surface area contributed by atoms with E-state index in [1.807, 2.05) is 0 Å². The van der Waals surface area contributed by atoms with E-state index in [9.17, 15) is 8.78 Å². The van der Waals surface area contributed by atoms with E-state index in [0.29, 0.717) is 11.8 Å². The largest absolute Gasteiger partial charge is 0.431 e. The Morgan fingerprint density at radius 2 is 1.96 bits per heavy atom. The molecule has 26 heavy (non-hydrogen) atoms. The highest BCUT2D eigenvalue weighted by Crippen LogP contribution is 2.59. The van der Waals surface area contributed by atoms with E-state index in [2.05, 4.69) is 20.4 Å². The summed E-state index contributed by atoms with van der Waals surface area (Å²) in [4.78, 5) is 0. The standard InChI is InChI=1S/C18H14F2N4O2/c1-9-21-24-17(25-9)18-6-5-10(8-18)11-7-14(22-23-16(11)18)26-15-12(19)3-2-4-13(15)20/h2-4,7,10H,5-6,8H2,1H3/t10-,18-/m1/s1. The zero-order valence-electron chi connectivity index (χ0n) is 13.9. The van der Waals surface area contributed by atoms with Crippen molar-refractivity contribution in [2.75, 3.05) is 0 Å². The van der Waals surface area contributed by atoms with Gasteiger partial charge in [-0.3, -0.25) is 0 Å². The monoisotopic (exact) mass is 356 g/mol. The van der Waals surface area contributed by atoms with E-state index in [0.717, 1.165) is 42.7 Å². The highest BCUT2D eigenvalue weighted by Gasteiger charge is 2.55. The third-order valence-corrected chi connectivity index (χ3v) is 5.27. The summed E-state index contributed by atoms with van der Waals surface area (Å²) in [5.41, 5.74) is 1.34. The number of rotatable bonds is 3. The zero-order valence-corrected chi connectivity index (χ0v) is 13.9. The number of aromatic nitrogens is 4. The van der Waals surface area contributed by atoms with Crippen LogP contribution < -0.4 is 4.74 Å². The van der Waals surface area contributed by atoms with Crippen LogP contribution in [0.15, 0.2) is 28.7 Å². The molecule has 1 saturated carbocycles. The molecular weight excluding hydrogens is 342 g/mol. The minimum Gasteiger partial charge on any atom is -0.431 e. The topological polar surface area (TPSA) is 73.9 Å². The molecule has 2 aromatic heterocycles. The molecule has 0 aliphatic heterocycles. The van der Waals surface area contributed by atoms with Crippen LogP contribution in [-0.4, -0.2) is 20.4 Å². The van der Waals surface area contributed by atoms with Crippen molar-refractivity contribution in [1.82, 2.24) is 20.4 Å². The lowest BCUT2D eigenvalue weighted by Gasteiger charge is -2.23. The molecule has 2 heterocycles. The molecule has 2 aliphatic rings. The van der Waals surface area contributed by atoms with Gasteiger partial charge in [-0.05, 0) is 42.9 Å². The van der Waals surface area contributed by atoms with Crippen LogP contribution in [0.5, 0.6) is 11.6 Å². The van der Waals surface area contributed by atoms with Gasteiger partial charge in [0.1, 0.15) is 0 Å². The molecule has 0 unspecified atom stereocenters. The average molecular weight is 356 g/mol. The lowest BCUT2D eigenvalue weighted by molar-refractivity contribution is 0.358. The van der Waals surface area contributed by atoms with Crippen molar-refractivity contribution in [3.8, 4) is 11.6 Å². The second-order valence-corrected chi connectivity index (χ2v) is 6.79. The Morgan fingerprint density at radius 1 is 1.15 bits per heavy atom. The molecule has 2 atom stereocenters. The fraction of sp³-hybridized carbons (Fsp3) is 0.333. The van der Waals surface area contributed by atoms with Gasteiger partial charge in [-0.2, -0.15) is 5.10 Å². The summed E-state index contributed by atoms with van der Waals surface area (Å²) in [6, 6.07) is 5.26. The third-order valence-electron chi connectivity index (χ3n) is 5.27. The first kappa shape index (κ1) is 15.4. The van der Waals surface area contributed by atoms with Crippen molar-refractivity contribution >= 4 is 0 Å². The molecule has 1 aromatic carbocycles. The predicted molar refractivity (Wildman–Crippen MR) is 84.9 cm³/mol. The van der Waals surface area contributed by atoms with Crippen LogP contribution in [0.2, 0.25) is 0 Å². The van der Waals surface area contributed by atoms with Crippen LogP contribution in [0.3, 0.4) is 0 Å². The number of halogens is 2. The molecule has 1 fully saturated rings. The molecule has 5 rings (SSSR count). The molecule has 2 bridgehead atoms. The summed E-state index contributed by atoms with van der Waals surface area (Å²) in [6.45, 7) is 1.75. The zero-order chi connectivity index (χ0) is 17.9. The molecule has 2 aliphatic carbocycles. The molecule has 6 nitrogen and oxygen atoms in total. The van der Waals surface area contributed by atoms with Crippen molar-refractivity contribution in [2.24, 2.45) is 0 Å². The molecule has 0 spiro atoms. The van der Waals surface area contributed by atoms with Gasteiger partial charge in [0.25, 0.3) is 0 Å². The van der Waals surface area contributed by atoms with Crippen LogP contribution in [0, 0.1) is 18.6 Å². The SMILES string of the molecule is Cc1nnc([C@]23CC[C@H](C2)c2cc(Oc4c(F)cccc4F)nnc23)o1. The van der Waals surface area contributed by atoms with E-state index in [1.165, 1.54) is 6.07 Å².